The molecule has 126 valence electrons. The minimum Gasteiger partial charge on any atom is -0.496 e. The number of methoxy groups -OCH3 is 1. The smallest absolute Gasteiger partial charge is 0.222 e. The van der Waals surface area contributed by atoms with E-state index in [1.54, 1.807) is 7.11 Å². The van der Waals surface area contributed by atoms with Crippen molar-refractivity contribution in [3.63, 3.8) is 0 Å². The summed E-state index contributed by atoms with van der Waals surface area (Å²) < 4.78 is 11.4. The van der Waals surface area contributed by atoms with E-state index in [1.807, 2.05) is 12.1 Å². The summed E-state index contributed by atoms with van der Waals surface area (Å²) in [4.78, 5) is 7.81. The Morgan fingerprint density at radius 3 is 2.54 bits per heavy atom. The van der Waals surface area contributed by atoms with Gasteiger partial charge in [-0.3, -0.25) is 0 Å². The molecule has 0 spiro atoms. The Kier molecular flexibility index (Phi) is 5.42. The maximum Gasteiger partial charge on any atom is 0.222 e. The number of benzene rings is 1. The number of aryl methyl sites for hydroxylation is 1. The van der Waals surface area contributed by atoms with Crippen molar-refractivity contribution in [3.8, 4) is 23.3 Å². The van der Waals surface area contributed by atoms with Gasteiger partial charge in [-0.15, -0.1) is 0 Å². The normalized spacial score (nSPS) is 10.5. The van der Waals surface area contributed by atoms with Crippen LogP contribution < -0.4 is 20.9 Å². The fraction of sp³-hybridized carbons (Fsp3) is 0.353. The molecule has 0 aliphatic carbocycles. The average molecular weight is 327 g/mol. The molecule has 0 radical (unpaired) electrons. The van der Waals surface area contributed by atoms with E-state index in [4.69, 9.17) is 26.2 Å². The summed E-state index contributed by atoms with van der Waals surface area (Å²) in [6.07, 6.45) is 2.41. The van der Waals surface area contributed by atoms with Gasteiger partial charge in [-0.2, -0.15) is 10.2 Å². The molecule has 0 fully saturated rings. The molecule has 4 N–H and O–H groups in total. The van der Waals surface area contributed by atoms with Crippen LogP contribution in [0.4, 0.5) is 11.8 Å². The van der Waals surface area contributed by atoms with Gasteiger partial charge in [0.1, 0.15) is 11.5 Å². The predicted octanol–water partition coefficient (Wildman–Crippen LogP) is 3.02. The fourth-order valence-electron chi connectivity index (χ4n) is 2.33. The van der Waals surface area contributed by atoms with E-state index in [0.29, 0.717) is 24.3 Å². The van der Waals surface area contributed by atoms with Gasteiger partial charge in [0.2, 0.25) is 5.95 Å². The first-order chi connectivity index (χ1) is 11.5. The maximum atomic E-state index is 8.83. The zero-order valence-electron chi connectivity index (χ0n) is 14.0. The number of nitriles is 1. The molecule has 0 amide bonds. The second-order valence-corrected chi connectivity index (χ2v) is 5.59. The van der Waals surface area contributed by atoms with Gasteiger partial charge in [-0.05, 0) is 30.0 Å². The Bertz CT molecular complexity index is 768. The van der Waals surface area contributed by atoms with Crippen LogP contribution in [-0.4, -0.2) is 17.1 Å². The van der Waals surface area contributed by atoms with Crippen LogP contribution >= 0.6 is 0 Å². The molecule has 0 unspecified atom stereocenters. The molecule has 1 aromatic carbocycles. The van der Waals surface area contributed by atoms with Crippen LogP contribution in [0.1, 0.15) is 37.3 Å². The van der Waals surface area contributed by atoms with Gasteiger partial charge in [-0.1, -0.05) is 13.8 Å². The Morgan fingerprint density at radius 2 is 1.96 bits per heavy atom. The zero-order chi connectivity index (χ0) is 17.7. The molecule has 24 heavy (non-hydrogen) atoms. The fourth-order valence-corrected chi connectivity index (χ4v) is 2.33. The highest BCUT2D eigenvalue weighted by Gasteiger charge is 2.16. The minimum absolute atomic E-state index is 0.0911. The van der Waals surface area contributed by atoms with Gasteiger partial charge in [-0.25, -0.2) is 4.98 Å². The second-order valence-electron chi connectivity index (χ2n) is 5.59. The molecule has 0 aliphatic heterocycles. The molecule has 0 aliphatic rings. The number of rotatable bonds is 6. The number of nitrogen functional groups attached to an aromatic ring is 2. The molecule has 2 rings (SSSR count). The van der Waals surface area contributed by atoms with E-state index in [2.05, 4.69) is 29.9 Å². The number of hydrogen-bond acceptors (Lipinski definition) is 7. The van der Waals surface area contributed by atoms with Gasteiger partial charge >= 0.3 is 0 Å². The van der Waals surface area contributed by atoms with Crippen molar-refractivity contribution in [2.45, 2.75) is 32.6 Å². The summed E-state index contributed by atoms with van der Waals surface area (Å²) in [5, 5.41) is 8.83. The van der Waals surface area contributed by atoms with Gasteiger partial charge in [0.25, 0.3) is 0 Å². The van der Waals surface area contributed by atoms with Crippen molar-refractivity contribution in [1.82, 2.24) is 9.97 Å². The van der Waals surface area contributed by atoms with E-state index < -0.39 is 0 Å². The lowest BCUT2D eigenvalue weighted by atomic mass is 9.97. The summed E-state index contributed by atoms with van der Waals surface area (Å²) in [5.41, 5.74) is 13.2. The van der Waals surface area contributed by atoms with Crippen molar-refractivity contribution in [2.24, 2.45) is 0 Å². The van der Waals surface area contributed by atoms with Gasteiger partial charge in [0, 0.05) is 12.0 Å². The first kappa shape index (κ1) is 17.3. The first-order valence-corrected chi connectivity index (χ1v) is 7.59. The molecular weight excluding hydrogens is 306 g/mol. The van der Waals surface area contributed by atoms with Crippen LogP contribution in [0.3, 0.4) is 0 Å². The lowest BCUT2D eigenvalue weighted by Crippen LogP contribution is -2.04. The molecule has 0 saturated heterocycles. The van der Waals surface area contributed by atoms with Gasteiger partial charge in [0.15, 0.2) is 11.6 Å². The van der Waals surface area contributed by atoms with Gasteiger partial charge < -0.3 is 20.9 Å². The molecular formula is C17H21N5O2. The van der Waals surface area contributed by atoms with Crippen LogP contribution in [0.25, 0.3) is 0 Å². The number of hydrogen-bond donors (Lipinski definition) is 2. The SMILES string of the molecule is COc1cc(C(C)C)c(Oc2cnc(N)nc2N)cc1CCC#N. The molecule has 7 nitrogen and oxygen atoms in total. The molecule has 2 aromatic rings. The number of ether oxygens (including phenoxy) is 2. The number of nitrogens with two attached hydrogens (primary N) is 2. The third-order valence-corrected chi connectivity index (χ3v) is 3.56. The first-order valence-electron chi connectivity index (χ1n) is 7.59. The van der Waals surface area contributed by atoms with E-state index in [1.165, 1.54) is 6.20 Å². The van der Waals surface area contributed by atoms with E-state index in [9.17, 15) is 0 Å². The van der Waals surface area contributed by atoms with Crippen molar-refractivity contribution in [3.05, 3.63) is 29.5 Å². The Hall–Kier alpha value is -3.01. The molecule has 0 saturated carbocycles. The van der Waals surface area contributed by atoms with Crippen molar-refractivity contribution in [2.75, 3.05) is 18.6 Å². The summed E-state index contributed by atoms with van der Waals surface area (Å²) in [5.74, 6) is 2.18. The van der Waals surface area contributed by atoms with Crippen molar-refractivity contribution < 1.29 is 9.47 Å². The van der Waals surface area contributed by atoms with E-state index in [0.717, 1.165) is 16.9 Å². The second kappa shape index (κ2) is 7.51. The third-order valence-electron chi connectivity index (χ3n) is 3.56. The Morgan fingerprint density at radius 1 is 1.21 bits per heavy atom. The third kappa shape index (κ3) is 3.84. The van der Waals surface area contributed by atoms with Crippen LogP contribution in [0.15, 0.2) is 18.3 Å². The summed E-state index contributed by atoms with van der Waals surface area (Å²) in [6.45, 7) is 4.11. The molecule has 1 heterocycles. The largest absolute Gasteiger partial charge is 0.496 e. The highest BCUT2D eigenvalue weighted by molar-refractivity contribution is 5.53. The zero-order valence-corrected chi connectivity index (χ0v) is 14.0. The quantitative estimate of drug-likeness (QED) is 0.836. The number of aromatic nitrogens is 2. The standard InChI is InChI=1S/C17H21N5O2/c1-10(2)12-8-13(23-3)11(5-4-6-18)7-14(12)24-15-9-21-17(20)22-16(15)19/h7-10H,4-5H2,1-3H3,(H4,19,20,21,22). The van der Waals surface area contributed by atoms with E-state index >= 15 is 0 Å². The molecule has 7 heteroatoms. The minimum atomic E-state index is 0.0911. The van der Waals surface area contributed by atoms with Crippen LogP contribution in [0.5, 0.6) is 17.2 Å². The molecule has 0 bridgehead atoms. The summed E-state index contributed by atoms with van der Waals surface area (Å²) in [6, 6.07) is 5.95. The Labute approximate surface area is 141 Å². The summed E-state index contributed by atoms with van der Waals surface area (Å²) in [7, 11) is 1.61. The monoisotopic (exact) mass is 327 g/mol. The topological polar surface area (TPSA) is 120 Å². The van der Waals surface area contributed by atoms with Crippen LogP contribution in [-0.2, 0) is 6.42 Å². The highest BCUT2D eigenvalue weighted by Crippen LogP contribution is 2.37. The van der Waals surface area contributed by atoms with Crippen LogP contribution in [0.2, 0.25) is 0 Å². The van der Waals surface area contributed by atoms with E-state index in [-0.39, 0.29) is 17.7 Å². The number of anilines is 2. The van der Waals surface area contributed by atoms with Gasteiger partial charge in [0.05, 0.1) is 19.4 Å². The highest BCUT2D eigenvalue weighted by atomic mass is 16.5. The van der Waals surface area contributed by atoms with Crippen LogP contribution in [0, 0.1) is 11.3 Å². The average Bonchev–Trinajstić information content (AvgIpc) is 2.55. The lowest BCUT2D eigenvalue weighted by molar-refractivity contribution is 0.405. The molecule has 1 aromatic heterocycles. The lowest BCUT2D eigenvalue weighted by Gasteiger charge is -2.18. The Balaban J connectivity index is 2.47. The molecule has 0 atom stereocenters. The number of nitrogens with zero attached hydrogens (tertiary/aromatic N) is 3. The predicted molar refractivity (Wildman–Crippen MR) is 91.9 cm³/mol. The maximum absolute atomic E-state index is 8.83. The summed E-state index contributed by atoms with van der Waals surface area (Å²) >= 11 is 0. The van der Waals surface area contributed by atoms with Crippen molar-refractivity contribution in [1.29, 1.82) is 5.26 Å². The van der Waals surface area contributed by atoms with Crippen molar-refractivity contribution >= 4 is 11.8 Å².